The van der Waals surface area contributed by atoms with Gasteiger partial charge in [0.1, 0.15) is 0 Å². The molecule has 1 unspecified atom stereocenters. The van der Waals surface area contributed by atoms with Gasteiger partial charge in [-0.2, -0.15) is 5.10 Å². The van der Waals surface area contributed by atoms with Crippen LogP contribution < -0.4 is 5.73 Å². The van der Waals surface area contributed by atoms with Gasteiger partial charge in [-0.05, 0) is 36.6 Å². The van der Waals surface area contributed by atoms with E-state index in [0.29, 0.717) is 0 Å². The molecule has 3 heteroatoms. The third-order valence-corrected chi connectivity index (χ3v) is 3.03. The van der Waals surface area contributed by atoms with Crippen LogP contribution in [0.1, 0.15) is 28.4 Å². The van der Waals surface area contributed by atoms with Crippen molar-refractivity contribution in [3.8, 4) is 0 Å². The highest BCUT2D eigenvalue weighted by atomic mass is 15.3. The van der Waals surface area contributed by atoms with Gasteiger partial charge in [-0.1, -0.05) is 18.2 Å². The molecule has 84 valence electrons. The molecule has 0 radical (unpaired) electrons. The molecule has 2 N–H and O–H groups in total. The molecule has 0 aliphatic rings. The predicted octanol–water partition coefficient (Wildman–Crippen LogP) is 2.09. The highest BCUT2D eigenvalue weighted by Crippen LogP contribution is 2.25. The Morgan fingerprint density at radius 3 is 2.31 bits per heavy atom. The first-order valence-electron chi connectivity index (χ1n) is 5.41. The minimum absolute atomic E-state index is 0.103. The Morgan fingerprint density at radius 1 is 1.19 bits per heavy atom. The van der Waals surface area contributed by atoms with Gasteiger partial charge in [0, 0.05) is 13.2 Å². The number of hydrogen-bond acceptors (Lipinski definition) is 2. The molecule has 1 heterocycles. The second-order valence-electron chi connectivity index (χ2n) is 4.16. The Bertz CT molecular complexity index is 479. The molecule has 0 bridgehead atoms. The maximum absolute atomic E-state index is 6.30. The van der Waals surface area contributed by atoms with Gasteiger partial charge in [0.15, 0.2) is 0 Å². The first kappa shape index (κ1) is 10.9. The normalized spacial score (nSPS) is 12.8. The van der Waals surface area contributed by atoms with Crippen LogP contribution in [-0.4, -0.2) is 9.78 Å². The average Bonchev–Trinajstić information content (AvgIpc) is 2.64. The van der Waals surface area contributed by atoms with Crippen molar-refractivity contribution in [3.05, 3.63) is 52.8 Å². The summed E-state index contributed by atoms with van der Waals surface area (Å²) in [6.07, 6.45) is 1.78. The van der Waals surface area contributed by atoms with Crippen LogP contribution in [0.5, 0.6) is 0 Å². The van der Waals surface area contributed by atoms with E-state index in [4.69, 9.17) is 5.73 Å². The van der Waals surface area contributed by atoms with E-state index in [1.54, 1.807) is 6.20 Å². The Morgan fingerprint density at radius 2 is 1.81 bits per heavy atom. The Balaban J connectivity index is 2.49. The molecule has 1 atom stereocenters. The minimum atomic E-state index is -0.103. The zero-order valence-electron chi connectivity index (χ0n) is 9.94. The zero-order valence-corrected chi connectivity index (χ0v) is 9.94. The molecule has 0 amide bonds. The summed E-state index contributed by atoms with van der Waals surface area (Å²) >= 11 is 0. The number of nitrogens with zero attached hydrogens (tertiary/aromatic N) is 2. The van der Waals surface area contributed by atoms with Gasteiger partial charge in [0.2, 0.25) is 0 Å². The van der Waals surface area contributed by atoms with E-state index in [2.05, 4.69) is 37.1 Å². The molecule has 0 spiro atoms. The van der Waals surface area contributed by atoms with Crippen molar-refractivity contribution < 1.29 is 0 Å². The summed E-state index contributed by atoms with van der Waals surface area (Å²) in [6, 6.07) is 8.12. The Hall–Kier alpha value is -1.61. The van der Waals surface area contributed by atoms with Crippen molar-refractivity contribution in [2.75, 3.05) is 0 Å². The molecule has 1 aromatic carbocycles. The van der Waals surface area contributed by atoms with E-state index in [1.807, 2.05) is 17.8 Å². The fourth-order valence-electron chi connectivity index (χ4n) is 2.15. The maximum atomic E-state index is 6.30. The molecule has 0 aliphatic carbocycles. The zero-order chi connectivity index (χ0) is 11.7. The second-order valence-corrected chi connectivity index (χ2v) is 4.16. The van der Waals surface area contributed by atoms with E-state index in [9.17, 15) is 0 Å². The largest absolute Gasteiger partial charge is 0.319 e. The third-order valence-electron chi connectivity index (χ3n) is 3.03. The Kier molecular flexibility index (Phi) is 2.79. The summed E-state index contributed by atoms with van der Waals surface area (Å²) in [5.41, 5.74) is 11.0. The van der Waals surface area contributed by atoms with Crippen molar-refractivity contribution in [2.45, 2.75) is 19.9 Å². The van der Waals surface area contributed by atoms with E-state index in [1.165, 1.54) is 16.7 Å². The van der Waals surface area contributed by atoms with Crippen molar-refractivity contribution in [1.29, 1.82) is 0 Å². The van der Waals surface area contributed by atoms with E-state index >= 15 is 0 Å². The lowest BCUT2D eigenvalue weighted by molar-refractivity contribution is 0.669. The van der Waals surface area contributed by atoms with Gasteiger partial charge in [-0.25, -0.2) is 0 Å². The summed E-state index contributed by atoms with van der Waals surface area (Å²) in [5, 5.41) is 4.16. The second kappa shape index (κ2) is 4.10. The molecule has 1 aromatic heterocycles. The summed E-state index contributed by atoms with van der Waals surface area (Å²) in [7, 11) is 1.92. The van der Waals surface area contributed by atoms with Gasteiger partial charge >= 0.3 is 0 Å². The predicted molar refractivity (Wildman–Crippen MR) is 65.2 cm³/mol. The van der Waals surface area contributed by atoms with Crippen LogP contribution in [0.4, 0.5) is 0 Å². The SMILES string of the molecule is Cc1cccc(C)c1C(N)c1ccnn1C. The summed E-state index contributed by atoms with van der Waals surface area (Å²) in [6.45, 7) is 4.19. The van der Waals surface area contributed by atoms with Crippen LogP contribution in [0.3, 0.4) is 0 Å². The van der Waals surface area contributed by atoms with Crippen molar-refractivity contribution >= 4 is 0 Å². The van der Waals surface area contributed by atoms with Gasteiger partial charge in [-0.15, -0.1) is 0 Å². The number of aryl methyl sites for hydroxylation is 3. The highest BCUT2D eigenvalue weighted by Gasteiger charge is 2.16. The molecule has 2 aromatic rings. The first-order chi connectivity index (χ1) is 7.61. The number of hydrogen-bond donors (Lipinski definition) is 1. The Labute approximate surface area is 95.9 Å². The molecule has 3 nitrogen and oxygen atoms in total. The number of benzene rings is 1. The lowest BCUT2D eigenvalue weighted by atomic mass is 9.95. The average molecular weight is 215 g/mol. The number of aromatic nitrogens is 2. The lowest BCUT2D eigenvalue weighted by Gasteiger charge is -2.17. The van der Waals surface area contributed by atoms with Crippen LogP contribution in [0.15, 0.2) is 30.5 Å². The number of rotatable bonds is 2. The van der Waals surface area contributed by atoms with Gasteiger partial charge in [-0.3, -0.25) is 4.68 Å². The number of nitrogens with two attached hydrogens (primary N) is 1. The molecule has 0 fully saturated rings. The smallest absolute Gasteiger partial charge is 0.0728 e. The summed E-state index contributed by atoms with van der Waals surface area (Å²) in [5.74, 6) is 0. The van der Waals surface area contributed by atoms with Crippen molar-refractivity contribution in [2.24, 2.45) is 12.8 Å². The van der Waals surface area contributed by atoms with Crippen LogP contribution in [0.2, 0.25) is 0 Å². The van der Waals surface area contributed by atoms with Crippen LogP contribution in [0, 0.1) is 13.8 Å². The van der Waals surface area contributed by atoms with Crippen molar-refractivity contribution in [3.63, 3.8) is 0 Å². The van der Waals surface area contributed by atoms with E-state index in [-0.39, 0.29) is 6.04 Å². The molecule has 0 saturated heterocycles. The van der Waals surface area contributed by atoms with Crippen LogP contribution in [0.25, 0.3) is 0 Å². The highest BCUT2D eigenvalue weighted by molar-refractivity contribution is 5.39. The molecular formula is C13H17N3. The van der Waals surface area contributed by atoms with Crippen LogP contribution in [-0.2, 0) is 7.05 Å². The maximum Gasteiger partial charge on any atom is 0.0728 e. The van der Waals surface area contributed by atoms with E-state index in [0.717, 1.165) is 5.69 Å². The van der Waals surface area contributed by atoms with Gasteiger partial charge in [0.05, 0.1) is 11.7 Å². The summed E-state index contributed by atoms with van der Waals surface area (Å²) in [4.78, 5) is 0. The van der Waals surface area contributed by atoms with Crippen molar-refractivity contribution in [1.82, 2.24) is 9.78 Å². The molecule has 0 aliphatic heterocycles. The van der Waals surface area contributed by atoms with Gasteiger partial charge in [0.25, 0.3) is 0 Å². The standard InChI is InChI=1S/C13H17N3/c1-9-5-4-6-10(2)12(9)13(14)11-7-8-15-16(11)3/h4-8,13H,14H2,1-3H3. The quantitative estimate of drug-likeness (QED) is 0.833. The van der Waals surface area contributed by atoms with E-state index < -0.39 is 0 Å². The third kappa shape index (κ3) is 1.74. The topological polar surface area (TPSA) is 43.8 Å². The fourth-order valence-corrected chi connectivity index (χ4v) is 2.15. The molecule has 2 rings (SSSR count). The monoisotopic (exact) mass is 215 g/mol. The molecule has 16 heavy (non-hydrogen) atoms. The minimum Gasteiger partial charge on any atom is -0.319 e. The first-order valence-corrected chi connectivity index (χ1v) is 5.41. The summed E-state index contributed by atoms with van der Waals surface area (Å²) < 4.78 is 1.83. The molecular weight excluding hydrogens is 198 g/mol. The van der Waals surface area contributed by atoms with Gasteiger partial charge < -0.3 is 5.73 Å². The lowest BCUT2D eigenvalue weighted by Crippen LogP contribution is -2.18. The fraction of sp³-hybridized carbons (Fsp3) is 0.308. The van der Waals surface area contributed by atoms with Crippen LogP contribution >= 0.6 is 0 Å². The molecule has 0 saturated carbocycles.